The van der Waals surface area contributed by atoms with E-state index in [-0.39, 0.29) is 16.9 Å². The third-order valence-corrected chi connectivity index (χ3v) is 4.87. The monoisotopic (exact) mass is 427 g/mol. The lowest BCUT2D eigenvalue weighted by molar-refractivity contribution is -0.113. The van der Waals surface area contributed by atoms with E-state index >= 15 is 0 Å². The van der Waals surface area contributed by atoms with Gasteiger partial charge >= 0.3 is 0 Å². The van der Waals surface area contributed by atoms with Crippen LogP contribution in [0.2, 0.25) is 0 Å². The van der Waals surface area contributed by atoms with Crippen molar-refractivity contribution in [3.63, 3.8) is 0 Å². The van der Waals surface area contributed by atoms with Crippen LogP contribution in [0.15, 0.2) is 58.9 Å². The normalized spacial score (nSPS) is 11.3. The van der Waals surface area contributed by atoms with Crippen LogP contribution < -0.4 is 10.7 Å². The molecule has 30 heavy (non-hydrogen) atoms. The van der Waals surface area contributed by atoms with Gasteiger partial charge in [-0.05, 0) is 18.2 Å². The molecule has 0 aliphatic rings. The lowest BCUT2D eigenvalue weighted by Crippen LogP contribution is -2.16. The molecule has 2 aromatic heterocycles. The fourth-order valence-electron chi connectivity index (χ4n) is 2.65. The predicted octanol–water partition coefficient (Wildman–Crippen LogP) is 3.74. The second-order valence-electron chi connectivity index (χ2n) is 6.06. The van der Waals surface area contributed by atoms with E-state index in [4.69, 9.17) is 0 Å². The van der Waals surface area contributed by atoms with E-state index < -0.39 is 23.2 Å². The number of anilines is 2. The standard InChI is InChI=1S/C19H15F2N7OS/c20-13-5-3-6-14(21)17(13)24-16(29)10-30-19-25-18(27-28-19)26-23-9-11-8-22-15-7-2-1-4-12(11)15/h1-9,22H,10H2,(H,24,29)(H2,25,26,27,28)/b23-9+. The minimum atomic E-state index is -0.842. The molecule has 0 bridgehead atoms. The van der Waals surface area contributed by atoms with E-state index in [0.29, 0.717) is 0 Å². The Kier molecular flexibility index (Phi) is 5.70. The molecule has 1 amide bonds. The highest BCUT2D eigenvalue weighted by molar-refractivity contribution is 7.99. The number of rotatable bonds is 7. The Morgan fingerprint density at radius 3 is 2.80 bits per heavy atom. The molecule has 4 aromatic rings. The number of fused-ring (bicyclic) bond motifs is 1. The van der Waals surface area contributed by atoms with E-state index in [1.54, 1.807) is 6.21 Å². The van der Waals surface area contributed by atoms with Crippen molar-refractivity contribution in [3.8, 4) is 0 Å². The fourth-order valence-corrected chi connectivity index (χ4v) is 3.25. The number of hydrogen-bond donors (Lipinski definition) is 4. The number of benzene rings is 2. The van der Waals surface area contributed by atoms with Gasteiger partial charge in [0.25, 0.3) is 0 Å². The summed E-state index contributed by atoms with van der Waals surface area (Å²) in [4.78, 5) is 19.2. The van der Waals surface area contributed by atoms with Crippen LogP contribution in [0.3, 0.4) is 0 Å². The summed E-state index contributed by atoms with van der Waals surface area (Å²) in [6.07, 6.45) is 3.49. The van der Waals surface area contributed by atoms with E-state index in [1.165, 1.54) is 6.07 Å². The van der Waals surface area contributed by atoms with Crippen molar-refractivity contribution in [3.05, 3.63) is 65.9 Å². The van der Waals surface area contributed by atoms with Gasteiger partial charge in [-0.3, -0.25) is 4.79 Å². The molecule has 0 fully saturated rings. The predicted molar refractivity (Wildman–Crippen MR) is 112 cm³/mol. The third kappa shape index (κ3) is 4.46. The molecule has 0 radical (unpaired) electrons. The molecule has 0 saturated carbocycles. The Labute approximate surface area is 173 Å². The number of hydrogen-bond acceptors (Lipinski definition) is 6. The van der Waals surface area contributed by atoms with Crippen LogP contribution in [0.4, 0.5) is 20.4 Å². The molecule has 0 unspecified atom stereocenters. The zero-order valence-electron chi connectivity index (χ0n) is 15.3. The molecular weight excluding hydrogens is 412 g/mol. The lowest BCUT2D eigenvalue weighted by atomic mass is 10.2. The summed E-state index contributed by atoms with van der Waals surface area (Å²) in [6.45, 7) is 0. The minimum Gasteiger partial charge on any atom is -0.361 e. The number of hydrazone groups is 1. The molecule has 4 rings (SSSR count). The van der Waals surface area contributed by atoms with E-state index in [2.05, 4.69) is 36.0 Å². The first kappa shape index (κ1) is 19.6. The summed E-state index contributed by atoms with van der Waals surface area (Å²) >= 11 is 1.01. The summed E-state index contributed by atoms with van der Waals surface area (Å²) in [5, 5.41) is 14.2. The topological polar surface area (TPSA) is 111 Å². The number of thioether (sulfide) groups is 1. The van der Waals surface area contributed by atoms with Crippen LogP contribution in [0.25, 0.3) is 10.9 Å². The molecule has 0 atom stereocenters. The quantitative estimate of drug-likeness (QED) is 0.204. The molecule has 152 valence electrons. The summed E-state index contributed by atoms with van der Waals surface area (Å²) in [7, 11) is 0. The highest BCUT2D eigenvalue weighted by atomic mass is 32.2. The highest BCUT2D eigenvalue weighted by Gasteiger charge is 2.13. The number of amides is 1. The van der Waals surface area contributed by atoms with Crippen LogP contribution in [-0.2, 0) is 4.79 Å². The molecule has 8 nitrogen and oxygen atoms in total. The maximum atomic E-state index is 13.6. The summed E-state index contributed by atoms with van der Waals surface area (Å²) in [5.74, 6) is -2.10. The van der Waals surface area contributed by atoms with Gasteiger partial charge in [0.05, 0.1) is 12.0 Å². The zero-order chi connectivity index (χ0) is 20.9. The highest BCUT2D eigenvalue weighted by Crippen LogP contribution is 2.20. The van der Waals surface area contributed by atoms with E-state index in [1.807, 2.05) is 30.5 Å². The van der Waals surface area contributed by atoms with Crippen molar-refractivity contribution >= 4 is 46.4 Å². The number of H-pyrrole nitrogens is 2. The Hall–Kier alpha value is -3.73. The van der Waals surface area contributed by atoms with Crippen LogP contribution in [-0.4, -0.2) is 38.0 Å². The molecule has 4 N–H and O–H groups in total. The summed E-state index contributed by atoms with van der Waals surface area (Å²) < 4.78 is 27.1. The van der Waals surface area contributed by atoms with Crippen molar-refractivity contribution in [1.29, 1.82) is 0 Å². The molecule has 0 spiro atoms. The Balaban J connectivity index is 1.30. The number of carbonyl (C=O) groups excluding carboxylic acids is 1. The third-order valence-electron chi connectivity index (χ3n) is 4.02. The maximum absolute atomic E-state index is 13.6. The van der Waals surface area contributed by atoms with Gasteiger partial charge in [-0.25, -0.2) is 19.3 Å². The van der Waals surface area contributed by atoms with Crippen molar-refractivity contribution < 1.29 is 13.6 Å². The lowest BCUT2D eigenvalue weighted by Gasteiger charge is -2.06. The average Bonchev–Trinajstić information content (AvgIpc) is 3.37. The van der Waals surface area contributed by atoms with Crippen LogP contribution in [0.5, 0.6) is 0 Å². The second kappa shape index (κ2) is 8.74. The number of nitrogens with one attached hydrogen (secondary N) is 4. The van der Waals surface area contributed by atoms with Crippen molar-refractivity contribution in [2.45, 2.75) is 5.16 Å². The van der Waals surface area contributed by atoms with Gasteiger partial charge < -0.3 is 10.3 Å². The zero-order valence-corrected chi connectivity index (χ0v) is 16.1. The largest absolute Gasteiger partial charge is 0.361 e. The molecular formula is C19H15F2N7OS. The average molecular weight is 427 g/mol. The molecule has 0 saturated heterocycles. The van der Waals surface area contributed by atoms with Crippen molar-refractivity contribution in [1.82, 2.24) is 20.2 Å². The number of aromatic nitrogens is 4. The van der Waals surface area contributed by atoms with Gasteiger partial charge in [-0.2, -0.15) is 10.1 Å². The SMILES string of the molecule is O=C(CSc1n[nH]c(N/N=C/c2c[nH]c3ccccc23)n1)Nc1c(F)cccc1F. The van der Waals surface area contributed by atoms with E-state index in [9.17, 15) is 13.6 Å². The van der Waals surface area contributed by atoms with Gasteiger partial charge in [0.2, 0.25) is 17.0 Å². The first-order valence-electron chi connectivity index (χ1n) is 8.74. The van der Waals surface area contributed by atoms with Crippen molar-refractivity contribution in [2.75, 3.05) is 16.5 Å². The molecule has 0 aliphatic carbocycles. The Bertz CT molecular complexity index is 1200. The van der Waals surface area contributed by atoms with Gasteiger partial charge in [0.15, 0.2) is 0 Å². The molecule has 2 heterocycles. The fraction of sp³-hybridized carbons (Fsp3) is 0.0526. The van der Waals surface area contributed by atoms with E-state index in [0.717, 1.165) is 40.4 Å². The number of nitrogens with zero attached hydrogens (tertiary/aromatic N) is 3. The van der Waals surface area contributed by atoms with Crippen LogP contribution in [0.1, 0.15) is 5.56 Å². The molecule has 2 aromatic carbocycles. The van der Waals surface area contributed by atoms with Gasteiger partial charge in [0.1, 0.15) is 17.3 Å². The van der Waals surface area contributed by atoms with Crippen LogP contribution >= 0.6 is 11.8 Å². The second-order valence-corrected chi connectivity index (χ2v) is 7.00. The number of halogens is 2. The van der Waals surface area contributed by atoms with Gasteiger partial charge in [0, 0.05) is 22.7 Å². The van der Waals surface area contributed by atoms with Crippen LogP contribution in [0, 0.1) is 11.6 Å². The van der Waals surface area contributed by atoms with Gasteiger partial charge in [-0.1, -0.05) is 36.0 Å². The smallest absolute Gasteiger partial charge is 0.240 e. The van der Waals surface area contributed by atoms with Gasteiger partial charge in [-0.15, -0.1) is 5.10 Å². The molecule has 0 aliphatic heterocycles. The Morgan fingerprint density at radius 1 is 1.17 bits per heavy atom. The summed E-state index contributed by atoms with van der Waals surface area (Å²) in [5.41, 5.74) is 4.16. The first-order valence-corrected chi connectivity index (χ1v) is 9.73. The Morgan fingerprint density at radius 2 is 1.97 bits per heavy atom. The molecule has 11 heteroatoms. The number of para-hydroxylation sites is 2. The summed E-state index contributed by atoms with van der Waals surface area (Å²) in [6, 6.07) is 11.2. The number of aromatic amines is 2. The maximum Gasteiger partial charge on any atom is 0.240 e. The van der Waals surface area contributed by atoms with Crippen molar-refractivity contribution in [2.24, 2.45) is 5.10 Å². The number of carbonyl (C=O) groups is 1. The minimum absolute atomic E-state index is 0.121. The first-order chi connectivity index (χ1) is 14.6.